The van der Waals surface area contributed by atoms with Gasteiger partial charge in [-0.2, -0.15) is 0 Å². The van der Waals surface area contributed by atoms with Crippen molar-refractivity contribution in [3.8, 4) is 0 Å². The van der Waals surface area contributed by atoms with Gasteiger partial charge in [0, 0.05) is 65.6 Å². The first kappa shape index (κ1) is 24.4. The van der Waals surface area contributed by atoms with E-state index >= 15 is 0 Å². The van der Waals surface area contributed by atoms with E-state index < -0.39 is 0 Å². The maximum absolute atomic E-state index is 13.0. The van der Waals surface area contributed by atoms with Crippen molar-refractivity contribution in [2.24, 2.45) is 4.99 Å². The lowest BCUT2D eigenvalue weighted by Gasteiger charge is -2.36. The van der Waals surface area contributed by atoms with Crippen molar-refractivity contribution >= 4 is 41.5 Å². The molecule has 0 spiro atoms. The van der Waals surface area contributed by atoms with E-state index in [1.165, 1.54) is 17.0 Å². The summed E-state index contributed by atoms with van der Waals surface area (Å²) in [6.07, 6.45) is 0. The molecule has 7 nitrogen and oxygen atoms in total. The third-order valence-corrected chi connectivity index (χ3v) is 4.50. The Morgan fingerprint density at radius 3 is 2.36 bits per heavy atom. The summed E-state index contributed by atoms with van der Waals surface area (Å²) in [5.41, 5.74) is 1.07. The molecular weight excluding hydrogens is 474 g/mol. The zero-order valence-corrected chi connectivity index (χ0v) is 19.3. The average Bonchev–Trinajstić information content (AvgIpc) is 2.67. The Kier molecular flexibility index (Phi) is 11.1. The third-order valence-electron chi connectivity index (χ3n) is 4.50. The maximum atomic E-state index is 13.0. The van der Waals surface area contributed by atoms with Gasteiger partial charge < -0.3 is 20.4 Å². The number of carbonyl (C=O) groups excluding carboxylic acids is 1. The number of hydrogen-bond donors (Lipinski definition) is 2. The molecule has 1 aromatic rings. The number of aliphatic imine (C=N–C) groups is 1. The number of nitrogens with zero attached hydrogens (tertiary/aromatic N) is 4. The van der Waals surface area contributed by atoms with Crippen LogP contribution in [0.3, 0.4) is 0 Å². The van der Waals surface area contributed by atoms with Gasteiger partial charge >= 0.3 is 0 Å². The van der Waals surface area contributed by atoms with Crippen LogP contribution in [0.5, 0.6) is 0 Å². The highest BCUT2D eigenvalue weighted by molar-refractivity contribution is 14.0. The third kappa shape index (κ3) is 8.17. The predicted molar refractivity (Wildman–Crippen MR) is 123 cm³/mol. The second-order valence-corrected chi connectivity index (χ2v) is 6.72. The molecule has 1 fully saturated rings. The van der Waals surface area contributed by atoms with Crippen LogP contribution in [-0.2, 0) is 4.79 Å². The van der Waals surface area contributed by atoms with E-state index in [2.05, 4.69) is 25.4 Å². The van der Waals surface area contributed by atoms with Crippen LogP contribution in [0.1, 0.15) is 6.92 Å². The number of piperazine rings is 1. The monoisotopic (exact) mass is 506 g/mol. The van der Waals surface area contributed by atoms with Crippen LogP contribution in [0.15, 0.2) is 29.3 Å². The Hall–Kier alpha value is -1.62. The van der Waals surface area contributed by atoms with Crippen LogP contribution in [0.2, 0.25) is 0 Å². The van der Waals surface area contributed by atoms with Gasteiger partial charge in [-0.1, -0.05) is 0 Å². The predicted octanol–water partition coefficient (Wildman–Crippen LogP) is 1.21. The van der Waals surface area contributed by atoms with Crippen molar-refractivity contribution in [1.29, 1.82) is 0 Å². The van der Waals surface area contributed by atoms with Crippen LogP contribution in [0, 0.1) is 5.82 Å². The fourth-order valence-corrected chi connectivity index (χ4v) is 2.84. The first-order valence-electron chi connectivity index (χ1n) is 9.44. The summed E-state index contributed by atoms with van der Waals surface area (Å²) in [7, 11) is 3.45. The largest absolute Gasteiger partial charge is 0.369 e. The number of nitrogens with one attached hydrogen (secondary N) is 2. The van der Waals surface area contributed by atoms with Crippen molar-refractivity contribution in [3.63, 3.8) is 0 Å². The summed E-state index contributed by atoms with van der Waals surface area (Å²) < 4.78 is 13.0. The van der Waals surface area contributed by atoms with Gasteiger partial charge in [0.15, 0.2) is 5.96 Å². The first-order chi connectivity index (χ1) is 13.0. The summed E-state index contributed by atoms with van der Waals surface area (Å²) in [6, 6.07) is 6.68. The number of anilines is 1. The number of likely N-dealkylation sites (N-methyl/N-ethyl adjacent to an activating group) is 1. The molecule has 9 heteroatoms. The number of benzene rings is 1. The topological polar surface area (TPSA) is 63.2 Å². The van der Waals surface area contributed by atoms with E-state index in [4.69, 9.17) is 0 Å². The zero-order chi connectivity index (χ0) is 19.6. The van der Waals surface area contributed by atoms with E-state index in [0.717, 1.165) is 51.5 Å². The van der Waals surface area contributed by atoms with Gasteiger partial charge in [-0.15, -0.1) is 24.0 Å². The minimum Gasteiger partial charge on any atom is -0.369 e. The van der Waals surface area contributed by atoms with Gasteiger partial charge in [-0.05, 0) is 31.2 Å². The Morgan fingerprint density at radius 1 is 1.14 bits per heavy atom. The fourth-order valence-electron chi connectivity index (χ4n) is 2.84. The quantitative estimate of drug-likeness (QED) is 0.331. The Morgan fingerprint density at radius 2 is 1.79 bits per heavy atom. The Balaban J connectivity index is 0.00000392. The van der Waals surface area contributed by atoms with Gasteiger partial charge in [0.05, 0.1) is 0 Å². The highest BCUT2D eigenvalue weighted by atomic mass is 127. The van der Waals surface area contributed by atoms with Crippen molar-refractivity contribution in [2.75, 3.05) is 71.4 Å². The Labute approximate surface area is 184 Å². The van der Waals surface area contributed by atoms with Crippen LogP contribution < -0.4 is 15.5 Å². The van der Waals surface area contributed by atoms with Gasteiger partial charge in [0.1, 0.15) is 12.4 Å². The number of guanidine groups is 1. The van der Waals surface area contributed by atoms with Crippen LogP contribution in [0.25, 0.3) is 0 Å². The Bertz CT molecular complexity index is 617. The molecule has 0 unspecified atom stereocenters. The molecule has 0 atom stereocenters. The normalized spacial score (nSPS) is 15.0. The summed E-state index contributed by atoms with van der Waals surface area (Å²) in [4.78, 5) is 22.2. The van der Waals surface area contributed by atoms with E-state index in [0.29, 0.717) is 5.96 Å². The number of hydrogen-bond acceptors (Lipinski definition) is 4. The smallest absolute Gasteiger partial charge is 0.243 e. The molecule has 1 amide bonds. The van der Waals surface area contributed by atoms with E-state index in [9.17, 15) is 9.18 Å². The average molecular weight is 506 g/mol. The second-order valence-electron chi connectivity index (χ2n) is 6.72. The minimum atomic E-state index is -0.200. The lowest BCUT2D eigenvalue weighted by molar-refractivity contribution is -0.127. The SMILES string of the molecule is CCNC(=NCC(=O)N(C)C)NCCN1CCN(c2ccc(F)cc2)CC1.I. The van der Waals surface area contributed by atoms with Crippen LogP contribution >= 0.6 is 24.0 Å². The lowest BCUT2D eigenvalue weighted by Crippen LogP contribution is -2.49. The summed E-state index contributed by atoms with van der Waals surface area (Å²) >= 11 is 0. The molecule has 1 aliphatic heterocycles. The van der Waals surface area contributed by atoms with Gasteiger partial charge in [0.25, 0.3) is 0 Å². The molecule has 0 saturated carbocycles. The molecule has 0 radical (unpaired) electrons. The summed E-state index contributed by atoms with van der Waals surface area (Å²) in [5, 5.41) is 6.44. The van der Waals surface area contributed by atoms with Crippen molar-refractivity contribution in [1.82, 2.24) is 20.4 Å². The fraction of sp³-hybridized carbons (Fsp3) is 0.579. The molecule has 1 aromatic carbocycles. The van der Waals surface area contributed by atoms with Crippen LogP contribution in [-0.4, -0.2) is 88.1 Å². The molecule has 2 rings (SSSR count). The number of carbonyl (C=O) groups is 1. The molecule has 0 aliphatic carbocycles. The summed E-state index contributed by atoms with van der Waals surface area (Å²) in [5.74, 6) is 0.440. The van der Waals surface area contributed by atoms with E-state index in [-0.39, 0.29) is 42.2 Å². The van der Waals surface area contributed by atoms with Crippen molar-refractivity contribution in [2.45, 2.75) is 6.92 Å². The highest BCUT2D eigenvalue weighted by Crippen LogP contribution is 2.16. The molecule has 0 aromatic heterocycles. The van der Waals surface area contributed by atoms with Gasteiger partial charge in [-0.3, -0.25) is 9.69 Å². The highest BCUT2D eigenvalue weighted by Gasteiger charge is 2.17. The maximum Gasteiger partial charge on any atom is 0.243 e. The number of rotatable bonds is 7. The lowest BCUT2D eigenvalue weighted by atomic mass is 10.2. The van der Waals surface area contributed by atoms with E-state index in [1.807, 2.05) is 19.1 Å². The molecule has 158 valence electrons. The summed E-state index contributed by atoms with van der Waals surface area (Å²) in [6.45, 7) is 8.34. The van der Waals surface area contributed by atoms with Gasteiger partial charge in [-0.25, -0.2) is 9.38 Å². The number of halogens is 2. The zero-order valence-electron chi connectivity index (χ0n) is 16.9. The van der Waals surface area contributed by atoms with E-state index in [1.54, 1.807) is 14.1 Å². The minimum absolute atomic E-state index is 0. The molecule has 0 bridgehead atoms. The molecule has 1 saturated heterocycles. The van der Waals surface area contributed by atoms with Crippen LogP contribution in [0.4, 0.5) is 10.1 Å². The van der Waals surface area contributed by atoms with Crippen molar-refractivity contribution in [3.05, 3.63) is 30.1 Å². The standard InChI is InChI=1S/C19H31FN6O.HI/c1-4-21-19(23-15-18(27)24(2)3)22-9-10-25-11-13-26(14-12-25)17-7-5-16(20)6-8-17;/h5-8H,4,9-15H2,1-3H3,(H2,21,22,23);1H. The number of amides is 1. The van der Waals surface area contributed by atoms with Crippen molar-refractivity contribution < 1.29 is 9.18 Å². The first-order valence-corrected chi connectivity index (χ1v) is 9.44. The molecular formula is C19H32FIN6O. The molecule has 1 aliphatic rings. The molecule has 2 N–H and O–H groups in total. The second kappa shape index (κ2) is 12.8. The molecule has 1 heterocycles. The molecule has 28 heavy (non-hydrogen) atoms. The van der Waals surface area contributed by atoms with Gasteiger partial charge in [0.2, 0.25) is 5.91 Å².